The van der Waals surface area contributed by atoms with Crippen LogP contribution in [0.3, 0.4) is 0 Å². The third kappa shape index (κ3) is 4.11. The summed E-state index contributed by atoms with van der Waals surface area (Å²) >= 11 is 0. The molecule has 0 saturated carbocycles. The molecule has 0 radical (unpaired) electrons. The Morgan fingerprint density at radius 2 is 2.00 bits per heavy atom. The summed E-state index contributed by atoms with van der Waals surface area (Å²) in [6.45, 7) is 7.45. The molecule has 23 heavy (non-hydrogen) atoms. The van der Waals surface area contributed by atoms with Gasteiger partial charge in [-0.3, -0.25) is 4.90 Å². The summed E-state index contributed by atoms with van der Waals surface area (Å²) in [5.74, 6) is 1.47. The molecule has 1 aromatic heterocycles. The van der Waals surface area contributed by atoms with Crippen molar-refractivity contribution in [3.63, 3.8) is 0 Å². The van der Waals surface area contributed by atoms with Crippen LogP contribution in [0, 0.1) is 5.92 Å². The van der Waals surface area contributed by atoms with E-state index in [1.807, 2.05) is 30.5 Å². The van der Waals surface area contributed by atoms with Crippen molar-refractivity contribution < 1.29 is 4.74 Å². The van der Waals surface area contributed by atoms with Crippen LogP contribution in [0.15, 0.2) is 48.7 Å². The summed E-state index contributed by atoms with van der Waals surface area (Å²) in [5, 5.41) is 0. The standard InChI is InChI=1S/C20H26N2O/c1-16(2)14-22-13-7-11-19(22)18-10-6-12-21-20(18)23-15-17-8-4-3-5-9-17/h3-6,8-10,12,16,19H,7,11,13-15H2,1-2H3/t19-/m0/s1. The molecule has 1 saturated heterocycles. The molecule has 1 aliphatic heterocycles. The van der Waals surface area contributed by atoms with Gasteiger partial charge in [0.2, 0.25) is 5.88 Å². The van der Waals surface area contributed by atoms with Crippen molar-refractivity contribution >= 4 is 0 Å². The molecule has 122 valence electrons. The smallest absolute Gasteiger partial charge is 0.218 e. The van der Waals surface area contributed by atoms with Gasteiger partial charge in [0, 0.05) is 24.3 Å². The lowest BCUT2D eigenvalue weighted by Crippen LogP contribution is -2.27. The number of rotatable bonds is 6. The number of aromatic nitrogens is 1. The Bertz CT molecular complexity index is 612. The van der Waals surface area contributed by atoms with Crippen molar-refractivity contribution in [1.29, 1.82) is 0 Å². The maximum absolute atomic E-state index is 6.05. The van der Waals surface area contributed by atoms with Crippen molar-refractivity contribution in [1.82, 2.24) is 9.88 Å². The highest BCUT2D eigenvalue weighted by Crippen LogP contribution is 2.36. The molecule has 2 heterocycles. The first-order chi connectivity index (χ1) is 11.2. The molecule has 0 bridgehead atoms. The first kappa shape index (κ1) is 16.0. The molecule has 3 heteroatoms. The number of hydrogen-bond acceptors (Lipinski definition) is 3. The van der Waals surface area contributed by atoms with E-state index in [4.69, 9.17) is 4.74 Å². The molecule has 1 fully saturated rings. The van der Waals surface area contributed by atoms with Crippen molar-refractivity contribution in [2.75, 3.05) is 13.1 Å². The van der Waals surface area contributed by atoms with Gasteiger partial charge < -0.3 is 4.74 Å². The maximum Gasteiger partial charge on any atom is 0.218 e. The van der Waals surface area contributed by atoms with E-state index in [0.29, 0.717) is 18.6 Å². The fourth-order valence-electron chi connectivity index (χ4n) is 3.37. The predicted molar refractivity (Wildman–Crippen MR) is 93.4 cm³/mol. The van der Waals surface area contributed by atoms with Crippen molar-refractivity contribution in [3.05, 3.63) is 59.8 Å². The summed E-state index contributed by atoms with van der Waals surface area (Å²) in [7, 11) is 0. The number of nitrogens with zero attached hydrogens (tertiary/aromatic N) is 2. The van der Waals surface area contributed by atoms with Gasteiger partial charge in [-0.2, -0.15) is 0 Å². The molecule has 0 amide bonds. The van der Waals surface area contributed by atoms with E-state index in [-0.39, 0.29) is 0 Å². The first-order valence-corrected chi connectivity index (χ1v) is 8.59. The van der Waals surface area contributed by atoms with Gasteiger partial charge in [0.1, 0.15) is 6.61 Å². The molecular formula is C20H26N2O. The van der Waals surface area contributed by atoms with Gasteiger partial charge >= 0.3 is 0 Å². The Balaban J connectivity index is 1.75. The molecule has 1 aliphatic rings. The lowest BCUT2D eigenvalue weighted by molar-refractivity contribution is 0.217. The van der Waals surface area contributed by atoms with Crippen molar-refractivity contribution in [3.8, 4) is 5.88 Å². The first-order valence-electron chi connectivity index (χ1n) is 8.59. The highest BCUT2D eigenvalue weighted by atomic mass is 16.5. The minimum absolute atomic E-state index is 0.442. The number of likely N-dealkylation sites (tertiary alicyclic amines) is 1. The van der Waals surface area contributed by atoms with Gasteiger partial charge in [-0.15, -0.1) is 0 Å². The highest BCUT2D eigenvalue weighted by molar-refractivity contribution is 5.30. The molecule has 0 aliphatic carbocycles. The topological polar surface area (TPSA) is 25.4 Å². The lowest BCUT2D eigenvalue weighted by Gasteiger charge is -2.27. The Hall–Kier alpha value is -1.87. The molecule has 0 N–H and O–H groups in total. The van der Waals surface area contributed by atoms with E-state index in [2.05, 4.69) is 41.9 Å². The number of hydrogen-bond donors (Lipinski definition) is 0. The molecule has 2 aromatic rings. The van der Waals surface area contributed by atoms with Gasteiger partial charge in [0.05, 0.1) is 0 Å². The van der Waals surface area contributed by atoms with Gasteiger partial charge in [0.15, 0.2) is 0 Å². The second-order valence-corrected chi connectivity index (χ2v) is 6.72. The van der Waals surface area contributed by atoms with Crippen LogP contribution >= 0.6 is 0 Å². The van der Waals surface area contributed by atoms with Gasteiger partial charge in [-0.05, 0) is 36.9 Å². The summed E-state index contributed by atoms with van der Waals surface area (Å²) in [6.07, 6.45) is 4.27. The van der Waals surface area contributed by atoms with Crippen molar-refractivity contribution in [2.45, 2.75) is 39.3 Å². The third-order valence-electron chi connectivity index (χ3n) is 4.34. The Morgan fingerprint density at radius 3 is 2.78 bits per heavy atom. The zero-order chi connectivity index (χ0) is 16.1. The molecule has 0 spiro atoms. The SMILES string of the molecule is CC(C)CN1CCC[C@H]1c1cccnc1OCc1ccccc1. The number of pyridine rings is 1. The largest absolute Gasteiger partial charge is 0.473 e. The Morgan fingerprint density at radius 1 is 1.17 bits per heavy atom. The average Bonchev–Trinajstić information content (AvgIpc) is 3.01. The molecule has 1 aromatic carbocycles. The van der Waals surface area contributed by atoms with Crippen LogP contribution in [0.2, 0.25) is 0 Å². The van der Waals surface area contributed by atoms with Gasteiger partial charge in [-0.25, -0.2) is 4.98 Å². The van der Waals surface area contributed by atoms with Crippen LogP contribution in [-0.4, -0.2) is 23.0 Å². The average molecular weight is 310 g/mol. The van der Waals surface area contributed by atoms with Gasteiger partial charge in [0.25, 0.3) is 0 Å². The Kier molecular flexibility index (Phi) is 5.29. The van der Waals surface area contributed by atoms with E-state index in [1.54, 1.807) is 0 Å². The molecule has 1 atom stereocenters. The monoisotopic (exact) mass is 310 g/mol. The van der Waals surface area contributed by atoms with E-state index in [9.17, 15) is 0 Å². The summed E-state index contributed by atoms with van der Waals surface area (Å²) in [6, 6.07) is 14.9. The fourth-order valence-corrected chi connectivity index (χ4v) is 3.37. The summed E-state index contributed by atoms with van der Waals surface area (Å²) in [5.41, 5.74) is 2.41. The van der Waals surface area contributed by atoms with Crippen LogP contribution < -0.4 is 4.74 Å². The van der Waals surface area contributed by atoms with Crippen LogP contribution in [0.4, 0.5) is 0 Å². The van der Waals surface area contributed by atoms with Crippen LogP contribution in [0.5, 0.6) is 5.88 Å². The van der Waals surface area contributed by atoms with E-state index >= 15 is 0 Å². The molecule has 0 unspecified atom stereocenters. The van der Waals surface area contributed by atoms with E-state index in [0.717, 1.165) is 12.4 Å². The molecule has 3 nitrogen and oxygen atoms in total. The summed E-state index contributed by atoms with van der Waals surface area (Å²) in [4.78, 5) is 7.08. The van der Waals surface area contributed by atoms with E-state index in [1.165, 1.54) is 30.5 Å². The minimum atomic E-state index is 0.442. The number of ether oxygens (including phenoxy) is 1. The molecule has 3 rings (SSSR count). The third-order valence-corrected chi connectivity index (χ3v) is 4.34. The molecular weight excluding hydrogens is 284 g/mol. The fraction of sp³-hybridized carbons (Fsp3) is 0.450. The summed E-state index contributed by atoms with van der Waals surface area (Å²) < 4.78 is 6.05. The van der Waals surface area contributed by atoms with Gasteiger partial charge in [-0.1, -0.05) is 50.2 Å². The van der Waals surface area contributed by atoms with Crippen LogP contribution in [0.1, 0.15) is 43.9 Å². The second kappa shape index (κ2) is 7.60. The minimum Gasteiger partial charge on any atom is -0.473 e. The normalized spacial score (nSPS) is 18.5. The van der Waals surface area contributed by atoms with Crippen molar-refractivity contribution in [2.24, 2.45) is 5.92 Å². The Labute approximate surface area is 139 Å². The quantitative estimate of drug-likeness (QED) is 0.788. The lowest BCUT2D eigenvalue weighted by atomic mass is 10.1. The zero-order valence-electron chi connectivity index (χ0n) is 14.1. The van der Waals surface area contributed by atoms with Crippen LogP contribution in [0.25, 0.3) is 0 Å². The zero-order valence-corrected chi connectivity index (χ0v) is 14.1. The number of benzene rings is 1. The predicted octanol–water partition coefficient (Wildman–Crippen LogP) is 4.45. The second-order valence-electron chi connectivity index (χ2n) is 6.72. The van der Waals surface area contributed by atoms with E-state index < -0.39 is 0 Å². The highest BCUT2D eigenvalue weighted by Gasteiger charge is 2.29. The van der Waals surface area contributed by atoms with Crippen LogP contribution in [-0.2, 0) is 6.61 Å². The maximum atomic E-state index is 6.05.